The molecule has 0 aliphatic heterocycles. The topological polar surface area (TPSA) is 55.9 Å². The fourth-order valence-electron chi connectivity index (χ4n) is 1.57. The van der Waals surface area contributed by atoms with Gasteiger partial charge < -0.3 is 11.1 Å². The maximum atomic E-state index is 5.63. The van der Waals surface area contributed by atoms with Crippen molar-refractivity contribution in [1.29, 1.82) is 0 Å². The fourth-order valence-corrected chi connectivity index (χ4v) is 1.57. The molecule has 1 heterocycles. The van der Waals surface area contributed by atoms with Crippen LogP contribution in [0.3, 0.4) is 0 Å². The predicted octanol–water partition coefficient (Wildman–Crippen LogP) is 1.66. The molecule has 84 valence electrons. The Bertz CT molecular complexity index is 444. The lowest BCUT2D eigenvalue weighted by molar-refractivity contribution is 0.768. The Labute approximate surface area is 95.1 Å². The van der Waals surface area contributed by atoms with Crippen molar-refractivity contribution in [1.82, 2.24) is 9.78 Å². The first-order valence-electron chi connectivity index (χ1n) is 5.32. The number of anilines is 2. The van der Waals surface area contributed by atoms with Crippen molar-refractivity contribution in [3.05, 3.63) is 42.1 Å². The molecule has 1 aromatic carbocycles. The Balaban J connectivity index is 1.84. The van der Waals surface area contributed by atoms with Crippen molar-refractivity contribution in [3.8, 4) is 0 Å². The summed E-state index contributed by atoms with van der Waals surface area (Å²) in [5, 5.41) is 7.42. The van der Waals surface area contributed by atoms with Gasteiger partial charge in [-0.25, -0.2) is 0 Å². The number of nitrogens with one attached hydrogen (secondary N) is 1. The van der Waals surface area contributed by atoms with E-state index in [-0.39, 0.29) is 0 Å². The molecule has 4 nitrogen and oxygen atoms in total. The van der Waals surface area contributed by atoms with Crippen molar-refractivity contribution in [2.75, 3.05) is 17.6 Å². The fraction of sp³-hybridized carbons (Fsp3) is 0.250. The Hall–Kier alpha value is -1.97. The maximum absolute atomic E-state index is 5.63. The number of nitrogens with two attached hydrogens (primary N) is 1. The summed E-state index contributed by atoms with van der Waals surface area (Å²) in [6.45, 7) is 0.892. The number of nitrogen functional groups attached to an aromatic ring is 1. The molecule has 0 unspecified atom stereocenters. The van der Waals surface area contributed by atoms with E-state index < -0.39 is 0 Å². The molecule has 2 rings (SSSR count). The zero-order chi connectivity index (χ0) is 11.4. The van der Waals surface area contributed by atoms with E-state index in [0.717, 1.165) is 24.5 Å². The Morgan fingerprint density at radius 3 is 2.62 bits per heavy atom. The standard InChI is InChI=1S/C12H16N4/c1-16-12(7-9-15-16)14-8-6-10-2-4-11(13)5-3-10/h2-5,7,9,14H,6,8,13H2,1H3. The lowest BCUT2D eigenvalue weighted by Crippen LogP contribution is -2.08. The number of rotatable bonds is 4. The van der Waals surface area contributed by atoms with E-state index >= 15 is 0 Å². The smallest absolute Gasteiger partial charge is 0.123 e. The third kappa shape index (κ3) is 2.53. The van der Waals surface area contributed by atoms with Gasteiger partial charge >= 0.3 is 0 Å². The Morgan fingerprint density at radius 2 is 2.00 bits per heavy atom. The minimum atomic E-state index is 0.809. The predicted molar refractivity (Wildman–Crippen MR) is 66.3 cm³/mol. The number of benzene rings is 1. The van der Waals surface area contributed by atoms with Crippen LogP contribution in [0, 0.1) is 0 Å². The third-order valence-corrected chi connectivity index (χ3v) is 2.52. The van der Waals surface area contributed by atoms with E-state index in [2.05, 4.69) is 22.5 Å². The van der Waals surface area contributed by atoms with Gasteiger partial charge in [0.2, 0.25) is 0 Å². The summed E-state index contributed by atoms with van der Waals surface area (Å²) in [7, 11) is 1.92. The average Bonchev–Trinajstić information content (AvgIpc) is 2.68. The van der Waals surface area contributed by atoms with Gasteiger partial charge in [0.15, 0.2) is 0 Å². The van der Waals surface area contributed by atoms with Crippen LogP contribution in [0.1, 0.15) is 5.56 Å². The molecule has 3 N–H and O–H groups in total. The maximum Gasteiger partial charge on any atom is 0.123 e. The van der Waals surface area contributed by atoms with Gasteiger partial charge in [-0.1, -0.05) is 12.1 Å². The first-order valence-corrected chi connectivity index (χ1v) is 5.32. The monoisotopic (exact) mass is 216 g/mol. The first kappa shape index (κ1) is 10.5. The number of nitrogens with zero attached hydrogens (tertiary/aromatic N) is 2. The van der Waals surface area contributed by atoms with Gasteiger partial charge in [-0.15, -0.1) is 0 Å². The lowest BCUT2D eigenvalue weighted by atomic mass is 10.1. The molecule has 0 aliphatic rings. The van der Waals surface area contributed by atoms with Crippen LogP contribution < -0.4 is 11.1 Å². The molecule has 0 amide bonds. The summed E-state index contributed by atoms with van der Waals surface area (Å²) in [6, 6.07) is 9.93. The molecule has 0 bridgehead atoms. The Kier molecular flexibility index (Phi) is 3.10. The van der Waals surface area contributed by atoms with Crippen LogP contribution in [0.5, 0.6) is 0 Å². The second kappa shape index (κ2) is 4.70. The second-order valence-electron chi connectivity index (χ2n) is 3.76. The van der Waals surface area contributed by atoms with Crippen LogP contribution in [0.4, 0.5) is 11.5 Å². The molecule has 2 aromatic rings. The van der Waals surface area contributed by atoms with E-state index in [1.54, 1.807) is 6.20 Å². The van der Waals surface area contributed by atoms with Crippen LogP contribution in [-0.2, 0) is 13.5 Å². The van der Waals surface area contributed by atoms with E-state index in [1.165, 1.54) is 5.56 Å². The minimum Gasteiger partial charge on any atom is -0.399 e. The SMILES string of the molecule is Cn1nccc1NCCc1ccc(N)cc1. The highest BCUT2D eigenvalue weighted by Crippen LogP contribution is 2.07. The molecule has 16 heavy (non-hydrogen) atoms. The lowest BCUT2D eigenvalue weighted by Gasteiger charge is -2.06. The van der Waals surface area contributed by atoms with E-state index in [1.807, 2.05) is 29.9 Å². The molecule has 0 saturated carbocycles. The van der Waals surface area contributed by atoms with Crippen LogP contribution in [0.25, 0.3) is 0 Å². The molecule has 0 atom stereocenters. The van der Waals surface area contributed by atoms with Crippen molar-refractivity contribution >= 4 is 11.5 Å². The van der Waals surface area contributed by atoms with Crippen molar-refractivity contribution in [3.63, 3.8) is 0 Å². The quantitative estimate of drug-likeness (QED) is 0.764. The highest BCUT2D eigenvalue weighted by atomic mass is 15.3. The minimum absolute atomic E-state index is 0.809. The average molecular weight is 216 g/mol. The summed E-state index contributed by atoms with van der Waals surface area (Å²) in [5.41, 5.74) is 7.72. The number of aryl methyl sites for hydroxylation is 1. The van der Waals surface area contributed by atoms with Crippen molar-refractivity contribution < 1.29 is 0 Å². The zero-order valence-corrected chi connectivity index (χ0v) is 9.35. The van der Waals surface area contributed by atoms with Crippen molar-refractivity contribution in [2.45, 2.75) is 6.42 Å². The summed E-state index contributed by atoms with van der Waals surface area (Å²) >= 11 is 0. The van der Waals surface area contributed by atoms with E-state index in [9.17, 15) is 0 Å². The van der Waals surface area contributed by atoms with Crippen LogP contribution in [0.2, 0.25) is 0 Å². The number of hydrogen-bond acceptors (Lipinski definition) is 3. The van der Waals surface area contributed by atoms with Gasteiger partial charge in [0.1, 0.15) is 5.82 Å². The molecule has 0 spiro atoms. The summed E-state index contributed by atoms with van der Waals surface area (Å²) in [4.78, 5) is 0. The number of aromatic nitrogens is 2. The van der Waals surface area contributed by atoms with Gasteiger partial charge in [0, 0.05) is 25.3 Å². The van der Waals surface area contributed by atoms with E-state index in [0.29, 0.717) is 0 Å². The molecule has 1 aromatic heterocycles. The summed E-state index contributed by atoms with van der Waals surface area (Å²) < 4.78 is 1.82. The summed E-state index contributed by atoms with van der Waals surface area (Å²) in [6.07, 6.45) is 2.76. The largest absolute Gasteiger partial charge is 0.399 e. The highest BCUT2D eigenvalue weighted by Gasteiger charge is 1.97. The number of hydrogen-bond donors (Lipinski definition) is 2. The van der Waals surface area contributed by atoms with E-state index in [4.69, 9.17) is 5.73 Å². The van der Waals surface area contributed by atoms with Gasteiger partial charge in [-0.3, -0.25) is 4.68 Å². The van der Waals surface area contributed by atoms with Crippen molar-refractivity contribution in [2.24, 2.45) is 7.05 Å². The van der Waals surface area contributed by atoms with Gasteiger partial charge in [-0.2, -0.15) is 5.10 Å². The van der Waals surface area contributed by atoms with Gasteiger partial charge in [0.05, 0.1) is 6.20 Å². The molecule has 0 saturated heterocycles. The molecular formula is C12H16N4. The second-order valence-corrected chi connectivity index (χ2v) is 3.76. The summed E-state index contributed by atoms with van der Waals surface area (Å²) in [5.74, 6) is 1.04. The first-order chi connectivity index (χ1) is 7.75. The van der Waals surface area contributed by atoms with Crippen LogP contribution in [0.15, 0.2) is 36.5 Å². The molecular weight excluding hydrogens is 200 g/mol. The van der Waals surface area contributed by atoms with Crippen LogP contribution >= 0.6 is 0 Å². The molecule has 0 aliphatic carbocycles. The van der Waals surface area contributed by atoms with Crippen LogP contribution in [-0.4, -0.2) is 16.3 Å². The Morgan fingerprint density at radius 1 is 1.25 bits per heavy atom. The van der Waals surface area contributed by atoms with Gasteiger partial charge in [0.25, 0.3) is 0 Å². The zero-order valence-electron chi connectivity index (χ0n) is 9.35. The normalized spacial score (nSPS) is 10.3. The van der Waals surface area contributed by atoms with Gasteiger partial charge in [-0.05, 0) is 24.1 Å². The molecule has 0 fully saturated rings. The molecule has 4 heteroatoms. The third-order valence-electron chi connectivity index (χ3n) is 2.52. The molecule has 0 radical (unpaired) electrons. The highest BCUT2D eigenvalue weighted by molar-refractivity contribution is 5.40.